The van der Waals surface area contributed by atoms with Crippen molar-refractivity contribution in [2.45, 2.75) is 37.9 Å². The van der Waals surface area contributed by atoms with E-state index in [1.165, 1.54) is 0 Å². The highest BCUT2D eigenvalue weighted by Crippen LogP contribution is 2.46. The maximum absolute atomic E-state index is 13.7. The first-order valence-corrected chi connectivity index (χ1v) is 14.9. The van der Waals surface area contributed by atoms with Gasteiger partial charge >= 0.3 is 6.18 Å². The van der Waals surface area contributed by atoms with Crippen LogP contribution in [0.4, 0.5) is 18.9 Å². The van der Waals surface area contributed by atoms with Crippen LogP contribution in [0, 0.1) is 0 Å². The van der Waals surface area contributed by atoms with E-state index < -0.39 is 32.6 Å². The van der Waals surface area contributed by atoms with E-state index >= 15 is 0 Å². The van der Waals surface area contributed by atoms with E-state index in [0.717, 1.165) is 29.0 Å². The number of sulfonamides is 1. The van der Waals surface area contributed by atoms with Gasteiger partial charge in [-0.1, -0.05) is 42.5 Å². The maximum Gasteiger partial charge on any atom is 0.416 e. The van der Waals surface area contributed by atoms with Crippen LogP contribution in [-0.2, 0) is 34.0 Å². The molecule has 0 unspecified atom stereocenters. The first kappa shape index (κ1) is 29.9. The van der Waals surface area contributed by atoms with Crippen LogP contribution in [0.3, 0.4) is 0 Å². The molecule has 0 bridgehead atoms. The van der Waals surface area contributed by atoms with Gasteiger partial charge in [0, 0.05) is 22.0 Å². The fraction of sp³-hybridized carbons (Fsp3) is 0.226. The van der Waals surface area contributed by atoms with Crippen LogP contribution < -0.4 is 19.1 Å². The lowest BCUT2D eigenvalue weighted by Gasteiger charge is -2.16. The van der Waals surface area contributed by atoms with Crippen molar-refractivity contribution in [3.63, 3.8) is 0 Å². The maximum atomic E-state index is 13.7. The van der Waals surface area contributed by atoms with Crippen LogP contribution in [-0.4, -0.2) is 33.4 Å². The fourth-order valence-corrected chi connectivity index (χ4v) is 6.07. The van der Waals surface area contributed by atoms with Crippen LogP contribution in [0.25, 0.3) is 10.8 Å². The highest BCUT2D eigenvalue weighted by molar-refractivity contribution is 7.90. The molecule has 0 spiro atoms. The summed E-state index contributed by atoms with van der Waals surface area (Å²) < 4.78 is 77.9. The Morgan fingerprint density at radius 1 is 0.907 bits per heavy atom. The summed E-state index contributed by atoms with van der Waals surface area (Å²) in [5, 5.41) is 1.60. The van der Waals surface area contributed by atoms with Gasteiger partial charge < -0.3 is 14.4 Å². The summed E-state index contributed by atoms with van der Waals surface area (Å²) in [5.74, 6) is -0.103. The number of halogens is 3. The summed E-state index contributed by atoms with van der Waals surface area (Å²) in [4.78, 5) is 27.1. The fourth-order valence-electron chi connectivity index (χ4n) is 5.04. The Labute approximate surface area is 246 Å². The highest BCUT2D eigenvalue weighted by Gasteiger charge is 2.37. The number of nitrogens with one attached hydrogen (secondary N) is 1. The van der Waals surface area contributed by atoms with Gasteiger partial charge in [-0.2, -0.15) is 13.2 Å². The third kappa shape index (κ3) is 5.87. The molecule has 0 aromatic heterocycles. The molecule has 8 nitrogen and oxygen atoms in total. The van der Waals surface area contributed by atoms with E-state index in [4.69, 9.17) is 9.47 Å². The topological polar surface area (TPSA) is 102 Å². The quantitative estimate of drug-likeness (QED) is 0.254. The number of rotatable bonds is 9. The van der Waals surface area contributed by atoms with E-state index in [9.17, 15) is 31.2 Å². The second-order valence-electron chi connectivity index (χ2n) is 9.71. The molecule has 0 fully saturated rings. The van der Waals surface area contributed by atoms with Gasteiger partial charge in [0.15, 0.2) is 0 Å². The van der Waals surface area contributed by atoms with Crippen molar-refractivity contribution in [1.29, 1.82) is 0 Å². The minimum atomic E-state index is -4.74. The molecule has 0 aliphatic carbocycles. The summed E-state index contributed by atoms with van der Waals surface area (Å²) in [6.45, 7) is 4.70. The zero-order chi connectivity index (χ0) is 30.9. The minimum Gasteiger partial charge on any atom is -0.493 e. The van der Waals surface area contributed by atoms with Crippen LogP contribution >= 0.6 is 0 Å². The molecular formula is C31H27F3N2O6S. The molecule has 43 heavy (non-hydrogen) atoms. The average molecular weight is 613 g/mol. The van der Waals surface area contributed by atoms with Crippen molar-refractivity contribution < 1.29 is 40.7 Å². The molecule has 0 saturated heterocycles. The van der Waals surface area contributed by atoms with Crippen molar-refractivity contribution in [1.82, 2.24) is 4.72 Å². The predicted octanol–water partition coefficient (Wildman–Crippen LogP) is 5.86. The smallest absolute Gasteiger partial charge is 0.416 e. The van der Waals surface area contributed by atoms with Gasteiger partial charge in [-0.05, 0) is 49.7 Å². The number of amides is 2. The predicted molar refractivity (Wildman–Crippen MR) is 154 cm³/mol. The van der Waals surface area contributed by atoms with Gasteiger partial charge in [0.05, 0.1) is 42.2 Å². The van der Waals surface area contributed by atoms with Gasteiger partial charge in [-0.3, -0.25) is 9.59 Å². The van der Waals surface area contributed by atoms with Gasteiger partial charge in [-0.15, -0.1) is 0 Å². The zero-order valence-corrected chi connectivity index (χ0v) is 24.0. The molecule has 12 heteroatoms. The van der Waals surface area contributed by atoms with E-state index in [1.807, 2.05) is 42.8 Å². The van der Waals surface area contributed by atoms with Gasteiger partial charge in [0.2, 0.25) is 5.91 Å². The summed E-state index contributed by atoms with van der Waals surface area (Å²) in [6, 6.07) is 17.1. The highest BCUT2D eigenvalue weighted by atomic mass is 32.2. The molecule has 0 saturated carbocycles. The van der Waals surface area contributed by atoms with Crippen LogP contribution in [0.5, 0.6) is 11.5 Å². The Hall–Kier alpha value is -4.58. The number of nitrogens with zero attached hydrogens (tertiary/aromatic N) is 1. The third-order valence-corrected chi connectivity index (χ3v) is 8.28. The Morgan fingerprint density at radius 2 is 1.53 bits per heavy atom. The second-order valence-corrected chi connectivity index (χ2v) is 11.4. The minimum absolute atomic E-state index is 0.226. The SMILES string of the molecule is CCOc1c2c(c(OCC)c3ccccc13)C(=O)N(c1ccc(CC(=O)NS(=O)(=O)c3cccc(C(F)(F)F)c3)cc1)C2. The molecule has 1 heterocycles. The summed E-state index contributed by atoms with van der Waals surface area (Å²) in [7, 11) is -4.53. The number of carbonyl (C=O) groups excluding carboxylic acids is 2. The van der Waals surface area contributed by atoms with E-state index in [2.05, 4.69) is 0 Å². The Kier molecular flexibility index (Phi) is 8.06. The van der Waals surface area contributed by atoms with Crippen LogP contribution in [0.15, 0.2) is 77.7 Å². The molecule has 1 aliphatic rings. The number of ether oxygens (including phenoxy) is 2. The van der Waals surface area contributed by atoms with Crippen LogP contribution in [0.2, 0.25) is 0 Å². The van der Waals surface area contributed by atoms with E-state index in [0.29, 0.717) is 53.2 Å². The molecular weight excluding hydrogens is 585 g/mol. The molecule has 0 radical (unpaired) electrons. The lowest BCUT2D eigenvalue weighted by Crippen LogP contribution is -2.32. The normalized spacial score (nSPS) is 13.2. The van der Waals surface area contributed by atoms with Crippen molar-refractivity contribution in [2.75, 3.05) is 18.1 Å². The molecule has 224 valence electrons. The third-order valence-electron chi connectivity index (χ3n) is 6.90. The average Bonchev–Trinajstić information content (AvgIpc) is 3.31. The van der Waals surface area contributed by atoms with E-state index in [-0.39, 0.29) is 18.9 Å². The van der Waals surface area contributed by atoms with Crippen LogP contribution in [0.1, 0.15) is 40.9 Å². The molecule has 1 aliphatic heterocycles. The summed E-state index contributed by atoms with van der Waals surface area (Å²) in [5.41, 5.74) is 0.952. The number of fused-ring (bicyclic) bond motifs is 2. The Balaban J connectivity index is 1.36. The van der Waals surface area contributed by atoms with Gasteiger partial charge in [0.1, 0.15) is 11.5 Å². The molecule has 0 atom stereocenters. The van der Waals surface area contributed by atoms with Gasteiger partial charge in [0.25, 0.3) is 15.9 Å². The van der Waals surface area contributed by atoms with Crippen molar-refractivity contribution in [2.24, 2.45) is 0 Å². The van der Waals surface area contributed by atoms with Crippen molar-refractivity contribution in [3.8, 4) is 11.5 Å². The molecule has 5 rings (SSSR count). The number of carbonyl (C=O) groups is 2. The van der Waals surface area contributed by atoms with E-state index in [1.54, 1.807) is 29.2 Å². The number of hydrogen-bond acceptors (Lipinski definition) is 6. The van der Waals surface area contributed by atoms with Gasteiger partial charge in [-0.25, -0.2) is 13.1 Å². The molecule has 1 N–H and O–H groups in total. The number of anilines is 1. The first-order chi connectivity index (χ1) is 20.4. The summed E-state index contributed by atoms with van der Waals surface area (Å²) >= 11 is 0. The molecule has 2 amide bonds. The lowest BCUT2D eigenvalue weighted by atomic mass is 9.99. The van der Waals surface area contributed by atoms with Crippen molar-refractivity contribution >= 4 is 38.3 Å². The first-order valence-electron chi connectivity index (χ1n) is 13.4. The largest absolute Gasteiger partial charge is 0.493 e. The number of benzene rings is 4. The second kappa shape index (κ2) is 11.6. The Morgan fingerprint density at radius 3 is 2.16 bits per heavy atom. The number of hydrogen-bond donors (Lipinski definition) is 1. The lowest BCUT2D eigenvalue weighted by molar-refractivity contribution is -0.137. The summed E-state index contributed by atoms with van der Waals surface area (Å²) in [6.07, 6.45) is -5.10. The molecule has 4 aromatic rings. The molecule has 4 aromatic carbocycles. The monoisotopic (exact) mass is 612 g/mol. The standard InChI is InChI=1S/C31H27F3N2O6S/c1-3-41-28-23-10-5-6-11-24(23)29(42-4-2)27-25(28)18-36(30(27)38)21-14-12-19(13-15-21)16-26(37)35-43(39,40)22-9-7-8-20(17-22)31(32,33)34/h5-15,17H,3-4,16,18H2,1-2H3,(H,35,37). The number of alkyl halides is 3. The zero-order valence-electron chi connectivity index (χ0n) is 23.2. The Bertz CT molecular complexity index is 1820. The van der Waals surface area contributed by atoms with Crippen molar-refractivity contribution in [3.05, 3.63) is 95.1 Å².